The molecule has 0 bridgehead atoms. The van der Waals surface area contributed by atoms with Gasteiger partial charge < -0.3 is 10.2 Å². The molecule has 1 saturated heterocycles. The van der Waals surface area contributed by atoms with Crippen LogP contribution in [-0.2, 0) is 9.59 Å². The van der Waals surface area contributed by atoms with Crippen LogP contribution >= 0.6 is 0 Å². The molecule has 0 aromatic heterocycles. The molecule has 0 unspecified atom stereocenters. The van der Waals surface area contributed by atoms with E-state index in [1.807, 2.05) is 13.8 Å². The van der Waals surface area contributed by atoms with Crippen molar-refractivity contribution in [3.63, 3.8) is 0 Å². The summed E-state index contributed by atoms with van der Waals surface area (Å²) in [5.74, 6) is -0.0382. The summed E-state index contributed by atoms with van der Waals surface area (Å²) in [5, 5.41) is 2.81. The molecule has 2 amide bonds. The predicted molar refractivity (Wildman–Crippen MR) is 81.4 cm³/mol. The molecule has 1 N–H and O–H groups in total. The summed E-state index contributed by atoms with van der Waals surface area (Å²) in [4.78, 5) is 26.4. The number of hydrogen-bond donors (Lipinski definition) is 1. The first-order valence-electron chi connectivity index (χ1n) is 7.88. The minimum atomic E-state index is -0.783. The lowest BCUT2D eigenvalue weighted by atomic mass is 9.89. The standard InChI is InChI=1S/C16H30N2O2/c1-6-7-8-9-10-11-12-18-14(20)15(2,3)17-13(19)16(18,4)5/h6-12H2,1-5H3,(H,17,19). The van der Waals surface area contributed by atoms with Gasteiger partial charge in [0.05, 0.1) is 0 Å². The zero-order chi connectivity index (χ0) is 15.4. The molecule has 0 aromatic rings. The molecule has 4 nitrogen and oxygen atoms in total. The fourth-order valence-corrected chi connectivity index (χ4v) is 2.64. The molecule has 20 heavy (non-hydrogen) atoms. The Morgan fingerprint density at radius 1 is 0.950 bits per heavy atom. The Morgan fingerprint density at radius 2 is 1.50 bits per heavy atom. The molecule has 1 heterocycles. The molecule has 0 spiro atoms. The number of carbonyl (C=O) groups excluding carboxylic acids is 2. The maximum absolute atomic E-state index is 12.5. The smallest absolute Gasteiger partial charge is 0.248 e. The molecule has 0 radical (unpaired) electrons. The van der Waals surface area contributed by atoms with Crippen molar-refractivity contribution in [2.24, 2.45) is 0 Å². The largest absolute Gasteiger partial charge is 0.340 e. The zero-order valence-electron chi connectivity index (χ0n) is 13.7. The monoisotopic (exact) mass is 282 g/mol. The average molecular weight is 282 g/mol. The van der Waals surface area contributed by atoms with Crippen LogP contribution in [0.25, 0.3) is 0 Å². The van der Waals surface area contributed by atoms with Crippen LogP contribution in [0.4, 0.5) is 0 Å². The molecule has 1 rings (SSSR count). The summed E-state index contributed by atoms with van der Waals surface area (Å²) < 4.78 is 0. The van der Waals surface area contributed by atoms with Crippen molar-refractivity contribution < 1.29 is 9.59 Å². The maximum Gasteiger partial charge on any atom is 0.248 e. The van der Waals surface area contributed by atoms with Gasteiger partial charge in [0.15, 0.2) is 0 Å². The lowest BCUT2D eigenvalue weighted by Crippen LogP contribution is -2.72. The lowest BCUT2D eigenvalue weighted by molar-refractivity contribution is -0.159. The summed E-state index contributed by atoms with van der Waals surface area (Å²) in [6.45, 7) is 10.1. The highest BCUT2D eigenvalue weighted by Crippen LogP contribution is 2.26. The first-order valence-corrected chi connectivity index (χ1v) is 7.88. The fourth-order valence-electron chi connectivity index (χ4n) is 2.64. The van der Waals surface area contributed by atoms with Crippen LogP contribution < -0.4 is 5.32 Å². The molecule has 4 heteroatoms. The molecule has 0 aliphatic carbocycles. The topological polar surface area (TPSA) is 49.4 Å². The third kappa shape index (κ3) is 3.74. The van der Waals surface area contributed by atoms with E-state index in [4.69, 9.17) is 0 Å². The van der Waals surface area contributed by atoms with Crippen molar-refractivity contribution in [2.45, 2.75) is 84.2 Å². The average Bonchev–Trinajstić information content (AvgIpc) is 2.35. The van der Waals surface area contributed by atoms with E-state index in [-0.39, 0.29) is 11.8 Å². The number of nitrogens with zero attached hydrogens (tertiary/aromatic N) is 1. The van der Waals surface area contributed by atoms with Gasteiger partial charge in [-0.15, -0.1) is 0 Å². The van der Waals surface area contributed by atoms with Crippen molar-refractivity contribution in [3.8, 4) is 0 Å². The van der Waals surface area contributed by atoms with Gasteiger partial charge in [0, 0.05) is 6.54 Å². The Kier molecular flexibility index (Phi) is 5.60. The van der Waals surface area contributed by atoms with Crippen LogP contribution in [0.2, 0.25) is 0 Å². The van der Waals surface area contributed by atoms with Gasteiger partial charge in [-0.05, 0) is 34.1 Å². The van der Waals surface area contributed by atoms with E-state index in [0.29, 0.717) is 6.54 Å². The van der Waals surface area contributed by atoms with E-state index in [0.717, 1.165) is 12.8 Å². The summed E-state index contributed by atoms with van der Waals surface area (Å²) in [6.07, 6.45) is 7.10. The highest BCUT2D eigenvalue weighted by atomic mass is 16.2. The maximum atomic E-state index is 12.5. The fraction of sp³-hybridized carbons (Fsp3) is 0.875. The van der Waals surface area contributed by atoms with Gasteiger partial charge in [-0.3, -0.25) is 9.59 Å². The third-order valence-electron chi connectivity index (χ3n) is 4.17. The highest BCUT2D eigenvalue weighted by Gasteiger charge is 2.49. The van der Waals surface area contributed by atoms with Crippen LogP contribution in [-0.4, -0.2) is 34.3 Å². The molecule has 0 saturated carbocycles. The van der Waals surface area contributed by atoms with E-state index >= 15 is 0 Å². The molecule has 1 fully saturated rings. The van der Waals surface area contributed by atoms with Crippen molar-refractivity contribution in [1.29, 1.82) is 0 Å². The Balaban J connectivity index is 2.56. The van der Waals surface area contributed by atoms with Crippen LogP contribution in [0.1, 0.15) is 73.1 Å². The normalized spacial score (nSPS) is 20.9. The molecule has 0 atom stereocenters. The second-order valence-electron chi connectivity index (χ2n) is 6.86. The Hall–Kier alpha value is -1.06. The van der Waals surface area contributed by atoms with E-state index in [9.17, 15) is 9.59 Å². The SMILES string of the molecule is CCCCCCCCN1C(=O)C(C)(C)NC(=O)C1(C)C. The van der Waals surface area contributed by atoms with Crippen molar-refractivity contribution in [3.05, 3.63) is 0 Å². The number of carbonyl (C=O) groups is 2. The number of rotatable bonds is 7. The highest BCUT2D eigenvalue weighted by molar-refractivity contribution is 6.01. The van der Waals surface area contributed by atoms with Crippen molar-refractivity contribution in [1.82, 2.24) is 10.2 Å². The second-order valence-corrected chi connectivity index (χ2v) is 6.86. The van der Waals surface area contributed by atoms with Crippen LogP contribution in [0, 0.1) is 0 Å². The number of piperazine rings is 1. The third-order valence-corrected chi connectivity index (χ3v) is 4.17. The number of hydrogen-bond acceptors (Lipinski definition) is 2. The molecule has 116 valence electrons. The minimum absolute atomic E-state index is 0.0238. The van der Waals surface area contributed by atoms with Crippen molar-refractivity contribution in [2.75, 3.05) is 6.54 Å². The minimum Gasteiger partial charge on any atom is -0.340 e. The van der Waals surface area contributed by atoms with Gasteiger partial charge in [-0.25, -0.2) is 0 Å². The first kappa shape index (κ1) is 17.0. The summed E-state index contributed by atoms with van der Waals surface area (Å²) in [7, 11) is 0. The molecule has 0 aromatic carbocycles. The van der Waals surface area contributed by atoms with E-state index in [1.165, 1.54) is 25.7 Å². The second kappa shape index (κ2) is 6.59. The molecular weight excluding hydrogens is 252 g/mol. The Labute approximate surface area is 123 Å². The summed E-state index contributed by atoms with van der Waals surface area (Å²) >= 11 is 0. The molecule has 1 aliphatic heterocycles. The number of unbranched alkanes of at least 4 members (excludes halogenated alkanes) is 5. The Morgan fingerprint density at radius 3 is 2.10 bits per heavy atom. The summed E-state index contributed by atoms with van der Waals surface area (Å²) in [5.41, 5.74) is -1.52. The molecular formula is C16H30N2O2. The van der Waals surface area contributed by atoms with Gasteiger partial charge in [0.1, 0.15) is 11.1 Å². The molecule has 1 aliphatic rings. The van der Waals surface area contributed by atoms with Gasteiger partial charge in [0.2, 0.25) is 11.8 Å². The zero-order valence-corrected chi connectivity index (χ0v) is 13.7. The van der Waals surface area contributed by atoms with Gasteiger partial charge in [-0.1, -0.05) is 39.0 Å². The van der Waals surface area contributed by atoms with Crippen molar-refractivity contribution >= 4 is 11.8 Å². The predicted octanol–water partition coefficient (Wildman–Crippen LogP) is 2.86. The van der Waals surface area contributed by atoms with E-state index in [2.05, 4.69) is 12.2 Å². The van der Waals surface area contributed by atoms with E-state index in [1.54, 1.807) is 18.7 Å². The van der Waals surface area contributed by atoms with Crippen LogP contribution in [0.3, 0.4) is 0 Å². The quantitative estimate of drug-likeness (QED) is 0.730. The Bertz CT molecular complexity index is 361. The first-order chi connectivity index (χ1) is 9.23. The van der Waals surface area contributed by atoms with Gasteiger partial charge in [0.25, 0.3) is 0 Å². The van der Waals surface area contributed by atoms with Crippen LogP contribution in [0.15, 0.2) is 0 Å². The number of amides is 2. The van der Waals surface area contributed by atoms with Gasteiger partial charge in [-0.2, -0.15) is 0 Å². The van der Waals surface area contributed by atoms with Gasteiger partial charge >= 0.3 is 0 Å². The van der Waals surface area contributed by atoms with E-state index < -0.39 is 11.1 Å². The lowest BCUT2D eigenvalue weighted by Gasteiger charge is -2.47. The summed E-state index contributed by atoms with van der Waals surface area (Å²) in [6, 6.07) is 0. The van der Waals surface area contributed by atoms with Crippen LogP contribution in [0.5, 0.6) is 0 Å². The number of nitrogens with one attached hydrogen (secondary N) is 1.